The summed E-state index contributed by atoms with van der Waals surface area (Å²) in [5.74, 6) is 3.70. The van der Waals surface area contributed by atoms with Gasteiger partial charge in [-0.1, -0.05) is 0 Å². The molecule has 0 saturated carbocycles. The Morgan fingerprint density at radius 2 is 0.647 bits per heavy atom. The van der Waals surface area contributed by atoms with E-state index < -0.39 is 20.0 Å². The van der Waals surface area contributed by atoms with Crippen LogP contribution in [-0.4, -0.2) is 0 Å². The Morgan fingerprint density at radius 3 is 0.765 bits per heavy atom. The Balaban J connectivity index is 4.89. The maximum absolute atomic E-state index is 2.44. The van der Waals surface area contributed by atoms with Gasteiger partial charge in [-0.3, -0.25) is 0 Å². The molecule has 0 atom stereocenters. The molecule has 104 valence electrons. The van der Waals surface area contributed by atoms with Crippen molar-refractivity contribution in [2.75, 3.05) is 0 Å². The molecule has 0 aliphatic heterocycles. The summed E-state index contributed by atoms with van der Waals surface area (Å²) in [5, 5.41) is 0. The molecule has 0 bridgehead atoms. The van der Waals surface area contributed by atoms with Gasteiger partial charge in [-0.15, -0.1) is 0 Å². The van der Waals surface area contributed by atoms with E-state index in [4.69, 9.17) is 0 Å². The van der Waals surface area contributed by atoms with Crippen LogP contribution in [0.2, 0.25) is 16.7 Å². The molecule has 17 heavy (non-hydrogen) atoms. The Kier molecular flexibility index (Phi) is 8.54. The van der Waals surface area contributed by atoms with E-state index >= 15 is 0 Å². The van der Waals surface area contributed by atoms with Gasteiger partial charge < -0.3 is 0 Å². The second-order valence-electron chi connectivity index (χ2n) is 7.89. The third kappa shape index (κ3) is 8.56. The Morgan fingerprint density at radius 1 is 0.471 bits per heavy atom. The van der Waals surface area contributed by atoms with Crippen LogP contribution in [0.4, 0.5) is 0 Å². The van der Waals surface area contributed by atoms with Crippen LogP contribution >= 0.6 is 0 Å². The molecule has 0 aromatic carbocycles. The van der Waals surface area contributed by atoms with Crippen molar-refractivity contribution in [3.05, 3.63) is 0 Å². The molecule has 0 unspecified atom stereocenters. The van der Waals surface area contributed by atoms with Crippen molar-refractivity contribution in [3.8, 4) is 0 Å². The van der Waals surface area contributed by atoms with E-state index in [1.165, 1.54) is 0 Å². The third-order valence-corrected chi connectivity index (χ3v) is 27.5. The maximum atomic E-state index is 2.44. The van der Waals surface area contributed by atoms with Gasteiger partial charge in [0.1, 0.15) is 0 Å². The molecular formula is C16H36Hf. The topological polar surface area (TPSA) is 0 Å². The third-order valence-electron chi connectivity index (χ3n) is 3.37. The summed E-state index contributed by atoms with van der Waals surface area (Å²) in [6.45, 7) is 19.5. The van der Waals surface area contributed by atoms with Crippen molar-refractivity contribution in [3.63, 3.8) is 0 Å². The Labute approximate surface area is 115 Å². The molecule has 0 aromatic rings. The fourth-order valence-electron chi connectivity index (χ4n) is 3.96. The molecule has 0 nitrogen and oxygen atoms in total. The zero-order chi connectivity index (χ0) is 13.6. The molecule has 1 heteroatoms. The average molecular weight is 407 g/mol. The molecule has 0 rings (SSSR count). The Bertz CT molecular complexity index is 146. The molecular weight excluding hydrogens is 371 g/mol. The monoisotopic (exact) mass is 408 g/mol. The SMILES string of the molecule is CC(C)[CH2][Hf]([CH2]C(C)C)([CH2]C(C)C)[CH2]C(C)C. The molecule has 0 spiro atoms. The number of hydrogen-bond acceptors (Lipinski definition) is 0. The predicted molar refractivity (Wildman–Crippen MR) is 78.6 cm³/mol. The van der Waals surface area contributed by atoms with Gasteiger partial charge in [0.2, 0.25) is 0 Å². The van der Waals surface area contributed by atoms with Gasteiger partial charge >= 0.3 is 116 Å². The fourth-order valence-corrected chi connectivity index (χ4v) is 32.4. The molecule has 0 aliphatic carbocycles. The fraction of sp³-hybridized carbons (Fsp3) is 1.00. The van der Waals surface area contributed by atoms with Crippen LogP contribution < -0.4 is 0 Å². The Hall–Kier alpha value is 0.870. The summed E-state index contributed by atoms with van der Waals surface area (Å²) < 4.78 is 6.51. The van der Waals surface area contributed by atoms with Crippen LogP contribution in [-0.2, 0) is 20.0 Å². The van der Waals surface area contributed by atoms with Gasteiger partial charge in [-0.25, -0.2) is 0 Å². The van der Waals surface area contributed by atoms with Crippen LogP contribution in [0.3, 0.4) is 0 Å². The average Bonchev–Trinajstić information content (AvgIpc) is 1.95. The van der Waals surface area contributed by atoms with E-state index in [9.17, 15) is 0 Å². The number of rotatable bonds is 8. The minimum atomic E-state index is -2.03. The quantitative estimate of drug-likeness (QED) is 0.407. The molecule has 0 aliphatic rings. The van der Waals surface area contributed by atoms with E-state index in [0.29, 0.717) is 0 Å². The molecule has 0 fully saturated rings. The summed E-state index contributed by atoms with van der Waals surface area (Å²) in [5.41, 5.74) is 0. The molecule has 0 amide bonds. The van der Waals surface area contributed by atoms with Gasteiger partial charge in [0.15, 0.2) is 0 Å². The van der Waals surface area contributed by atoms with Gasteiger partial charge in [0, 0.05) is 0 Å². The first-order valence-electron chi connectivity index (χ1n) is 7.67. The van der Waals surface area contributed by atoms with Crippen molar-refractivity contribution in [2.24, 2.45) is 23.7 Å². The summed E-state index contributed by atoms with van der Waals surface area (Å²) >= 11 is -2.03. The van der Waals surface area contributed by atoms with Crippen molar-refractivity contribution in [1.82, 2.24) is 0 Å². The van der Waals surface area contributed by atoms with Crippen molar-refractivity contribution in [1.29, 1.82) is 0 Å². The van der Waals surface area contributed by atoms with Gasteiger partial charge in [-0.2, -0.15) is 0 Å². The molecule has 0 aromatic heterocycles. The van der Waals surface area contributed by atoms with Crippen molar-refractivity contribution < 1.29 is 20.0 Å². The molecule has 0 heterocycles. The van der Waals surface area contributed by atoms with E-state index in [-0.39, 0.29) is 0 Å². The standard InChI is InChI=1S/4C4H9.Hf/c4*1-4(2)3;/h4*4H,1H2,2-3H3;. The molecule has 0 radical (unpaired) electrons. The first kappa shape index (κ1) is 17.9. The minimum absolute atomic E-state index is 0.924. The van der Waals surface area contributed by atoms with Gasteiger partial charge in [-0.05, 0) is 0 Å². The van der Waals surface area contributed by atoms with Crippen molar-refractivity contribution >= 4 is 0 Å². The van der Waals surface area contributed by atoms with E-state index in [2.05, 4.69) is 55.4 Å². The van der Waals surface area contributed by atoms with Crippen molar-refractivity contribution in [2.45, 2.75) is 72.1 Å². The summed E-state index contributed by atoms with van der Waals surface area (Å²) in [4.78, 5) is 0. The summed E-state index contributed by atoms with van der Waals surface area (Å²) in [6, 6.07) is 0. The second-order valence-corrected chi connectivity index (χ2v) is 24.5. The predicted octanol–water partition coefficient (Wildman–Crippen LogP) is 6.44. The van der Waals surface area contributed by atoms with E-state index in [1.54, 1.807) is 16.7 Å². The van der Waals surface area contributed by atoms with Crippen LogP contribution in [0.15, 0.2) is 0 Å². The van der Waals surface area contributed by atoms with Crippen LogP contribution in [0.1, 0.15) is 55.4 Å². The zero-order valence-corrected chi connectivity index (χ0v) is 17.2. The molecule has 0 N–H and O–H groups in total. The normalized spacial score (nSPS) is 13.4. The number of hydrogen-bond donors (Lipinski definition) is 0. The second kappa shape index (κ2) is 8.12. The zero-order valence-electron chi connectivity index (χ0n) is 13.6. The summed E-state index contributed by atoms with van der Waals surface area (Å²) in [6.07, 6.45) is 0. The summed E-state index contributed by atoms with van der Waals surface area (Å²) in [7, 11) is 0. The van der Waals surface area contributed by atoms with Crippen LogP contribution in [0, 0.1) is 23.7 Å². The van der Waals surface area contributed by atoms with Crippen LogP contribution in [0.25, 0.3) is 0 Å². The first-order valence-corrected chi connectivity index (χ1v) is 17.8. The first-order chi connectivity index (χ1) is 7.67. The van der Waals surface area contributed by atoms with E-state index in [0.717, 1.165) is 23.7 Å². The van der Waals surface area contributed by atoms with Gasteiger partial charge in [0.05, 0.1) is 0 Å². The van der Waals surface area contributed by atoms with E-state index in [1.807, 2.05) is 0 Å². The van der Waals surface area contributed by atoms with Crippen LogP contribution in [0.5, 0.6) is 0 Å². The molecule has 0 saturated heterocycles. The van der Waals surface area contributed by atoms with Gasteiger partial charge in [0.25, 0.3) is 0 Å².